The Kier molecular flexibility index (Phi) is 4.83. The van der Waals surface area contributed by atoms with Gasteiger partial charge in [-0.1, -0.05) is 36.4 Å². The summed E-state index contributed by atoms with van der Waals surface area (Å²) in [5.74, 6) is 0.522. The molecule has 0 unspecified atom stereocenters. The maximum absolute atomic E-state index is 12.3. The highest BCUT2D eigenvalue weighted by molar-refractivity contribution is 7.17. The summed E-state index contributed by atoms with van der Waals surface area (Å²) in [7, 11) is 1.57. The van der Waals surface area contributed by atoms with Gasteiger partial charge in [0.1, 0.15) is 6.61 Å². The molecule has 5 aromatic rings. The summed E-state index contributed by atoms with van der Waals surface area (Å²) in [6, 6.07) is 19.8. The number of hydrogen-bond donors (Lipinski definition) is 0. The molecule has 7 nitrogen and oxygen atoms in total. The van der Waals surface area contributed by atoms with Gasteiger partial charge in [-0.3, -0.25) is 0 Å². The summed E-state index contributed by atoms with van der Waals surface area (Å²) in [5, 5.41) is 11.1. The van der Waals surface area contributed by atoms with Gasteiger partial charge in [-0.25, -0.2) is 9.78 Å². The molecule has 0 aliphatic rings. The molecule has 8 heteroatoms. The van der Waals surface area contributed by atoms with Gasteiger partial charge in [0.2, 0.25) is 5.88 Å². The second kappa shape index (κ2) is 7.81. The summed E-state index contributed by atoms with van der Waals surface area (Å²) in [4.78, 5) is 17.1. The van der Waals surface area contributed by atoms with Gasteiger partial charge in [-0.2, -0.15) is 9.36 Å². The van der Waals surface area contributed by atoms with Crippen molar-refractivity contribution in [3.63, 3.8) is 0 Å². The van der Waals surface area contributed by atoms with Gasteiger partial charge < -0.3 is 4.74 Å². The van der Waals surface area contributed by atoms with E-state index in [0.717, 1.165) is 22.4 Å². The van der Waals surface area contributed by atoms with E-state index in [1.807, 2.05) is 55.5 Å². The fourth-order valence-electron chi connectivity index (χ4n) is 3.51. The molecule has 0 saturated heterocycles. The topological polar surface area (TPSA) is 74.8 Å². The summed E-state index contributed by atoms with van der Waals surface area (Å²) in [6.45, 7) is 2.23. The van der Waals surface area contributed by atoms with E-state index in [2.05, 4.69) is 27.9 Å². The van der Waals surface area contributed by atoms with Crippen LogP contribution in [0.1, 0.15) is 11.1 Å². The molecule has 0 N–H and O–H groups in total. The molecule has 0 amide bonds. The van der Waals surface area contributed by atoms with Crippen LogP contribution in [0.5, 0.6) is 5.88 Å². The molecule has 0 bridgehead atoms. The highest BCUT2D eigenvalue weighted by atomic mass is 32.1. The molecule has 0 aliphatic carbocycles. The Hall–Kier alpha value is -3.78. The lowest BCUT2D eigenvalue weighted by Gasteiger charge is -2.13. The lowest BCUT2D eigenvalue weighted by molar-refractivity contribution is 0.293. The van der Waals surface area contributed by atoms with Crippen LogP contribution >= 0.6 is 11.3 Å². The predicted octanol–water partition coefficient (Wildman–Crippen LogP) is 4.13. The van der Waals surface area contributed by atoms with Crippen LogP contribution in [-0.2, 0) is 13.7 Å². The molecule has 31 heavy (non-hydrogen) atoms. The number of hydrogen-bond acceptors (Lipinski definition) is 6. The van der Waals surface area contributed by atoms with Gasteiger partial charge in [-0.15, -0.1) is 11.3 Å². The van der Waals surface area contributed by atoms with E-state index < -0.39 is 0 Å². The first-order valence-corrected chi connectivity index (χ1v) is 10.6. The van der Waals surface area contributed by atoms with Crippen molar-refractivity contribution in [1.29, 1.82) is 0 Å². The Morgan fingerprint density at radius 1 is 1.00 bits per heavy atom. The van der Waals surface area contributed by atoms with Crippen LogP contribution < -0.4 is 10.4 Å². The van der Waals surface area contributed by atoms with Crippen LogP contribution in [0.2, 0.25) is 0 Å². The first-order chi connectivity index (χ1) is 15.1. The molecule has 0 atom stereocenters. The number of ether oxygens (including phenoxy) is 1. The predicted molar refractivity (Wildman–Crippen MR) is 121 cm³/mol. The van der Waals surface area contributed by atoms with E-state index in [0.29, 0.717) is 11.6 Å². The monoisotopic (exact) mass is 429 g/mol. The summed E-state index contributed by atoms with van der Waals surface area (Å²) < 4.78 is 9.76. The summed E-state index contributed by atoms with van der Waals surface area (Å²) in [6.07, 6.45) is 0. The van der Waals surface area contributed by atoms with Gasteiger partial charge in [0, 0.05) is 39.7 Å². The number of thiophene rings is 1. The lowest BCUT2D eigenvalue weighted by Crippen LogP contribution is -2.23. The third-order valence-electron chi connectivity index (χ3n) is 5.18. The second-order valence-electron chi connectivity index (χ2n) is 7.16. The molecule has 2 aromatic carbocycles. The minimum absolute atomic E-state index is 0.256. The minimum atomic E-state index is -0.309. The molecule has 0 radical (unpaired) electrons. The third-order valence-corrected chi connectivity index (χ3v) is 6.14. The SMILES string of the molecule is Cc1cccc(-n2nnn(C)c2=O)c1COc1cccc(-c2csc3ccccc23)n1. The number of aryl methyl sites for hydroxylation is 2. The first-order valence-electron chi connectivity index (χ1n) is 9.76. The molecule has 3 heterocycles. The van der Waals surface area contributed by atoms with Crippen molar-refractivity contribution in [2.45, 2.75) is 13.5 Å². The summed E-state index contributed by atoms with van der Waals surface area (Å²) >= 11 is 1.70. The van der Waals surface area contributed by atoms with E-state index >= 15 is 0 Å². The lowest BCUT2D eigenvalue weighted by atomic mass is 10.1. The van der Waals surface area contributed by atoms with Crippen molar-refractivity contribution in [3.8, 4) is 22.8 Å². The molecule has 0 spiro atoms. The molecule has 0 aliphatic heterocycles. The van der Waals surface area contributed by atoms with Gasteiger partial charge >= 0.3 is 5.69 Å². The van der Waals surface area contributed by atoms with E-state index in [9.17, 15) is 4.79 Å². The Bertz CT molecular complexity index is 1450. The molecule has 154 valence electrons. The van der Waals surface area contributed by atoms with Gasteiger partial charge in [-0.05, 0) is 41.1 Å². The zero-order chi connectivity index (χ0) is 21.4. The number of pyridine rings is 1. The van der Waals surface area contributed by atoms with Crippen LogP contribution in [0.3, 0.4) is 0 Å². The number of fused-ring (bicyclic) bond motifs is 1. The molecular weight excluding hydrogens is 410 g/mol. The Morgan fingerprint density at radius 2 is 1.84 bits per heavy atom. The Labute approximate surface area is 182 Å². The molecule has 5 rings (SSSR count). The molecule has 0 fully saturated rings. The highest BCUT2D eigenvalue weighted by Crippen LogP contribution is 2.33. The fourth-order valence-corrected chi connectivity index (χ4v) is 4.46. The van der Waals surface area contributed by atoms with Crippen molar-refractivity contribution in [1.82, 2.24) is 24.8 Å². The third kappa shape index (κ3) is 3.51. The molecular formula is C23H19N5O2S. The Balaban J connectivity index is 1.46. The Morgan fingerprint density at radius 3 is 2.68 bits per heavy atom. The average Bonchev–Trinajstić information content (AvgIpc) is 3.36. The highest BCUT2D eigenvalue weighted by Gasteiger charge is 2.14. The van der Waals surface area contributed by atoms with E-state index in [1.165, 1.54) is 19.4 Å². The zero-order valence-corrected chi connectivity index (χ0v) is 17.8. The quantitative estimate of drug-likeness (QED) is 0.420. The van der Waals surface area contributed by atoms with Crippen molar-refractivity contribution in [2.24, 2.45) is 7.05 Å². The van der Waals surface area contributed by atoms with Crippen LogP contribution in [0.4, 0.5) is 0 Å². The fraction of sp³-hybridized carbons (Fsp3) is 0.130. The van der Waals surface area contributed by atoms with E-state index in [4.69, 9.17) is 9.72 Å². The van der Waals surface area contributed by atoms with Gasteiger partial charge in [0.25, 0.3) is 0 Å². The van der Waals surface area contributed by atoms with Crippen LogP contribution in [0.25, 0.3) is 27.0 Å². The average molecular weight is 430 g/mol. The van der Waals surface area contributed by atoms with Crippen LogP contribution in [0, 0.1) is 6.92 Å². The van der Waals surface area contributed by atoms with Crippen LogP contribution in [-0.4, -0.2) is 24.8 Å². The van der Waals surface area contributed by atoms with Gasteiger partial charge in [0.15, 0.2) is 0 Å². The molecule has 0 saturated carbocycles. The zero-order valence-electron chi connectivity index (χ0n) is 17.0. The first kappa shape index (κ1) is 19.2. The smallest absolute Gasteiger partial charge is 0.368 e. The van der Waals surface area contributed by atoms with Gasteiger partial charge in [0.05, 0.1) is 11.4 Å². The van der Waals surface area contributed by atoms with Crippen molar-refractivity contribution >= 4 is 21.4 Å². The standard InChI is InChI=1S/C23H19N5O2S/c1-15-7-5-10-20(28-23(29)27(2)25-26-28)17(15)13-30-22-12-6-9-19(24-22)18-14-31-21-11-4-3-8-16(18)21/h3-12,14H,13H2,1-2H3. The number of benzene rings is 2. The number of rotatable bonds is 5. The second-order valence-corrected chi connectivity index (χ2v) is 8.08. The van der Waals surface area contributed by atoms with Crippen molar-refractivity contribution in [2.75, 3.05) is 0 Å². The number of tetrazole rings is 1. The normalized spacial score (nSPS) is 11.2. The maximum Gasteiger partial charge on any atom is 0.368 e. The minimum Gasteiger partial charge on any atom is -0.473 e. The van der Waals surface area contributed by atoms with Crippen LogP contribution in [0.15, 0.2) is 70.8 Å². The van der Waals surface area contributed by atoms with E-state index in [1.54, 1.807) is 18.4 Å². The van der Waals surface area contributed by atoms with Crippen molar-refractivity contribution in [3.05, 3.63) is 87.7 Å². The largest absolute Gasteiger partial charge is 0.473 e. The summed E-state index contributed by atoms with van der Waals surface area (Å²) in [5.41, 5.74) is 4.15. The number of aromatic nitrogens is 5. The van der Waals surface area contributed by atoms with Crippen molar-refractivity contribution < 1.29 is 4.74 Å². The van der Waals surface area contributed by atoms with E-state index in [-0.39, 0.29) is 12.3 Å². The maximum atomic E-state index is 12.3. The molecule has 3 aromatic heterocycles. The number of nitrogens with zero attached hydrogens (tertiary/aromatic N) is 5.